The molecule has 50 valence electrons. The van der Waals surface area contributed by atoms with E-state index in [2.05, 4.69) is 5.10 Å². The maximum Gasteiger partial charge on any atom is 0.252 e. The molecule has 2 N–H and O–H groups in total. The number of nitrogens with zero attached hydrogens (tertiary/aromatic N) is 2. The Kier molecular flexibility index (Phi) is 1.09. The van der Waals surface area contributed by atoms with E-state index < -0.39 is 0 Å². The minimum absolute atomic E-state index is 0.141. The lowest BCUT2D eigenvalue weighted by Gasteiger charge is -1.88. The van der Waals surface area contributed by atoms with Crippen molar-refractivity contribution < 1.29 is 10.2 Å². The lowest BCUT2D eigenvalue weighted by Crippen LogP contribution is -1.88. The van der Waals surface area contributed by atoms with Gasteiger partial charge in [-0.1, -0.05) is 0 Å². The molecule has 0 bridgehead atoms. The molecule has 0 radical (unpaired) electrons. The second-order valence-electron chi connectivity index (χ2n) is 1.88. The molecule has 4 nitrogen and oxygen atoms in total. The summed E-state index contributed by atoms with van der Waals surface area (Å²) in [7, 11) is 1.56. The van der Waals surface area contributed by atoms with Crippen LogP contribution in [0.2, 0.25) is 0 Å². The zero-order valence-electron chi connectivity index (χ0n) is 5.29. The lowest BCUT2D eigenvalue weighted by atomic mass is 10.4. The highest BCUT2D eigenvalue weighted by molar-refractivity contribution is 5.34. The molecule has 1 aromatic heterocycles. The van der Waals surface area contributed by atoms with Crippen LogP contribution in [0.4, 0.5) is 0 Å². The van der Waals surface area contributed by atoms with E-state index in [1.54, 1.807) is 14.0 Å². The van der Waals surface area contributed by atoms with Crippen LogP contribution in [0.1, 0.15) is 5.69 Å². The minimum Gasteiger partial charge on any atom is -0.502 e. The second kappa shape index (κ2) is 1.65. The van der Waals surface area contributed by atoms with E-state index in [0.717, 1.165) is 0 Å². The van der Waals surface area contributed by atoms with Crippen LogP contribution in [-0.4, -0.2) is 20.0 Å². The van der Waals surface area contributed by atoms with Crippen molar-refractivity contribution in [2.75, 3.05) is 0 Å². The van der Waals surface area contributed by atoms with Gasteiger partial charge in [-0.15, -0.1) is 0 Å². The zero-order valence-corrected chi connectivity index (χ0v) is 5.29. The van der Waals surface area contributed by atoms with Crippen LogP contribution in [-0.2, 0) is 7.05 Å². The van der Waals surface area contributed by atoms with E-state index in [9.17, 15) is 0 Å². The monoisotopic (exact) mass is 128 g/mol. The standard InChI is InChI=1S/C5H8N2O2/c1-3-4(8)5(9)7(2)6-3/h8-9H,1-2H3. The molecular formula is C5H8N2O2. The fourth-order valence-electron chi connectivity index (χ4n) is 0.635. The van der Waals surface area contributed by atoms with E-state index >= 15 is 0 Å². The summed E-state index contributed by atoms with van der Waals surface area (Å²) in [5, 5.41) is 21.5. The van der Waals surface area contributed by atoms with Crippen molar-refractivity contribution >= 4 is 0 Å². The average molecular weight is 128 g/mol. The van der Waals surface area contributed by atoms with Gasteiger partial charge < -0.3 is 10.2 Å². The summed E-state index contributed by atoms with van der Waals surface area (Å²) in [6, 6.07) is 0. The number of rotatable bonds is 0. The van der Waals surface area contributed by atoms with Gasteiger partial charge in [0.05, 0.1) is 0 Å². The highest BCUT2D eigenvalue weighted by Crippen LogP contribution is 2.25. The molecule has 0 saturated heterocycles. The Bertz CT molecular complexity index is 207. The Morgan fingerprint density at radius 3 is 2.11 bits per heavy atom. The summed E-state index contributed by atoms with van der Waals surface area (Å²) in [4.78, 5) is 0. The summed E-state index contributed by atoms with van der Waals surface area (Å²) < 4.78 is 1.21. The van der Waals surface area contributed by atoms with Crippen molar-refractivity contribution in [1.29, 1.82) is 0 Å². The molecule has 4 heteroatoms. The molecule has 0 atom stereocenters. The number of hydrogen-bond donors (Lipinski definition) is 2. The Hall–Kier alpha value is -1.19. The quantitative estimate of drug-likeness (QED) is 0.522. The molecule has 0 unspecified atom stereocenters. The van der Waals surface area contributed by atoms with Gasteiger partial charge in [0.1, 0.15) is 5.69 Å². The van der Waals surface area contributed by atoms with Gasteiger partial charge in [-0.25, -0.2) is 4.68 Å². The third-order valence-corrected chi connectivity index (χ3v) is 1.16. The summed E-state index contributed by atoms with van der Waals surface area (Å²) >= 11 is 0. The van der Waals surface area contributed by atoms with Crippen LogP contribution in [0.15, 0.2) is 0 Å². The minimum atomic E-state index is -0.187. The van der Waals surface area contributed by atoms with Gasteiger partial charge >= 0.3 is 0 Å². The Morgan fingerprint density at radius 2 is 2.00 bits per heavy atom. The molecule has 0 aliphatic rings. The average Bonchev–Trinajstić information content (AvgIpc) is 1.98. The number of aryl methyl sites for hydroxylation is 2. The fraction of sp³-hybridized carbons (Fsp3) is 0.400. The molecule has 0 fully saturated rings. The van der Waals surface area contributed by atoms with Crippen LogP contribution in [0.5, 0.6) is 11.6 Å². The third-order valence-electron chi connectivity index (χ3n) is 1.16. The van der Waals surface area contributed by atoms with Crippen LogP contribution in [0.25, 0.3) is 0 Å². The van der Waals surface area contributed by atoms with E-state index in [1.165, 1.54) is 4.68 Å². The van der Waals surface area contributed by atoms with E-state index in [1.807, 2.05) is 0 Å². The largest absolute Gasteiger partial charge is 0.502 e. The third kappa shape index (κ3) is 0.718. The molecule has 1 aromatic rings. The van der Waals surface area contributed by atoms with E-state index in [4.69, 9.17) is 10.2 Å². The van der Waals surface area contributed by atoms with Crippen LogP contribution in [0, 0.1) is 6.92 Å². The number of aromatic nitrogens is 2. The van der Waals surface area contributed by atoms with E-state index in [0.29, 0.717) is 5.69 Å². The van der Waals surface area contributed by atoms with Crippen molar-refractivity contribution in [1.82, 2.24) is 9.78 Å². The van der Waals surface area contributed by atoms with Gasteiger partial charge in [-0.3, -0.25) is 0 Å². The lowest BCUT2D eigenvalue weighted by molar-refractivity contribution is 0.375. The Morgan fingerprint density at radius 1 is 1.44 bits per heavy atom. The van der Waals surface area contributed by atoms with Gasteiger partial charge in [-0.05, 0) is 6.92 Å². The first kappa shape index (κ1) is 5.94. The number of hydrogen-bond acceptors (Lipinski definition) is 3. The molecule has 0 spiro atoms. The maximum absolute atomic E-state index is 8.89. The topological polar surface area (TPSA) is 58.3 Å². The first-order chi connectivity index (χ1) is 4.13. The predicted molar refractivity (Wildman–Crippen MR) is 31.3 cm³/mol. The van der Waals surface area contributed by atoms with Crippen molar-refractivity contribution in [2.45, 2.75) is 6.92 Å². The van der Waals surface area contributed by atoms with Crippen molar-refractivity contribution in [2.24, 2.45) is 7.05 Å². The first-order valence-corrected chi connectivity index (χ1v) is 2.54. The molecular weight excluding hydrogens is 120 g/mol. The van der Waals surface area contributed by atoms with Gasteiger partial charge in [0, 0.05) is 7.05 Å². The van der Waals surface area contributed by atoms with Crippen molar-refractivity contribution in [3.05, 3.63) is 5.69 Å². The summed E-state index contributed by atoms with van der Waals surface area (Å²) in [6.45, 7) is 1.62. The Balaban J connectivity index is 3.29. The summed E-state index contributed by atoms with van der Waals surface area (Å²) in [6.07, 6.45) is 0. The van der Waals surface area contributed by atoms with Crippen molar-refractivity contribution in [3.63, 3.8) is 0 Å². The molecule has 0 amide bonds. The molecule has 9 heavy (non-hydrogen) atoms. The summed E-state index contributed by atoms with van der Waals surface area (Å²) in [5.74, 6) is -0.329. The maximum atomic E-state index is 8.89. The molecule has 0 aliphatic carbocycles. The SMILES string of the molecule is Cc1nn(C)c(O)c1O. The molecule has 0 saturated carbocycles. The Labute approximate surface area is 52.4 Å². The van der Waals surface area contributed by atoms with Crippen LogP contribution >= 0.6 is 0 Å². The van der Waals surface area contributed by atoms with Gasteiger partial charge in [0.25, 0.3) is 5.88 Å². The smallest absolute Gasteiger partial charge is 0.252 e. The molecule has 1 heterocycles. The molecule has 1 rings (SSSR count). The molecule has 0 aliphatic heterocycles. The van der Waals surface area contributed by atoms with Gasteiger partial charge in [-0.2, -0.15) is 5.10 Å². The van der Waals surface area contributed by atoms with Crippen LogP contribution < -0.4 is 0 Å². The highest BCUT2D eigenvalue weighted by Gasteiger charge is 2.08. The second-order valence-corrected chi connectivity index (χ2v) is 1.88. The van der Waals surface area contributed by atoms with E-state index in [-0.39, 0.29) is 11.6 Å². The summed E-state index contributed by atoms with van der Waals surface area (Å²) in [5.41, 5.74) is 0.440. The zero-order chi connectivity index (χ0) is 7.02. The fourth-order valence-corrected chi connectivity index (χ4v) is 0.635. The van der Waals surface area contributed by atoms with Gasteiger partial charge in [0.2, 0.25) is 5.75 Å². The number of aromatic hydroxyl groups is 2. The van der Waals surface area contributed by atoms with Crippen LogP contribution in [0.3, 0.4) is 0 Å². The van der Waals surface area contributed by atoms with Gasteiger partial charge in [0.15, 0.2) is 0 Å². The normalized spacial score (nSPS) is 10.0. The highest BCUT2D eigenvalue weighted by atomic mass is 16.3. The van der Waals surface area contributed by atoms with Crippen molar-refractivity contribution in [3.8, 4) is 11.6 Å². The molecule has 0 aromatic carbocycles. The first-order valence-electron chi connectivity index (χ1n) is 2.54. The predicted octanol–water partition coefficient (Wildman–Crippen LogP) is 0.140.